The molecule has 0 unspecified atom stereocenters. The van der Waals surface area contributed by atoms with Gasteiger partial charge in [-0.1, -0.05) is 6.07 Å². The summed E-state index contributed by atoms with van der Waals surface area (Å²) in [5.74, 6) is 0. The van der Waals surface area contributed by atoms with Crippen LogP contribution in [0.25, 0.3) is 0 Å². The van der Waals surface area contributed by atoms with Crippen LogP contribution in [0.2, 0.25) is 0 Å². The van der Waals surface area contributed by atoms with Crippen LogP contribution in [0, 0.1) is 10.1 Å². The number of anilines is 2. The summed E-state index contributed by atoms with van der Waals surface area (Å²) in [6.07, 6.45) is 0. The molecule has 0 saturated heterocycles. The first kappa shape index (κ1) is 14.2. The molecular weight excluding hydrogens is 242 g/mol. The summed E-state index contributed by atoms with van der Waals surface area (Å²) in [6, 6.07) is 4.08. The van der Waals surface area contributed by atoms with Crippen molar-refractivity contribution in [2.45, 2.75) is 5.54 Å². The molecule has 0 saturated carbocycles. The van der Waals surface area contributed by atoms with Gasteiger partial charge in [-0.25, -0.2) is 0 Å². The number of aliphatic hydroxyl groups excluding tert-OH is 3. The van der Waals surface area contributed by atoms with E-state index in [0.29, 0.717) is 0 Å². The van der Waals surface area contributed by atoms with Gasteiger partial charge in [0.2, 0.25) is 0 Å². The maximum absolute atomic E-state index is 10.8. The van der Waals surface area contributed by atoms with Gasteiger partial charge >= 0.3 is 0 Å². The Hall–Kier alpha value is -1.90. The largest absolute Gasteiger partial charge is 0.397 e. The maximum atomic E-state index is 10.8. The Morgan fingerprint density at radius 2 is 1.83 bits per heavy atom. The Bertz CT molecular complexity index is 425. The second-order valence-corrected chi connectivity index (χ2v) is 3.88. The number of hydrogen-bond donors (Lipinski definition) is 5. The van der Waals surface area contributed by atoms with Crippen LogP contribution in [0.15, 0.2) is 18.2 Å². The molecular formula is C10H15N3O5. The Morgan fingerprint density at radius 1 is 1.28 bits per heavy atom. The third-order valence-electron chi connectivity index (χ3n) is 2.57. The molecule has 1 aromatic carbocycles. The molecule has 8 nitrogen and oxygen atoms in total. The fourth-order valence-corrected chi connectivity index (χ4v) is 1.38. The molecule has 0 amide bonds. The Kier molecular flexibility index (Phi) is 4.43. The molecule has 1 aromatic rings. The summed E-state index contributed by atoms with van der Waals surface area (Å²) < 4.78 is 0. The minimum atomic E-state index is -1.47. The molecule has 0 heterocycles. The number of para-hydroxylation sites is 1. The fraction of sp³-hybridized carbons (Fsp3) is 0.400. The van der Waals surface area contributed by atoms with Crippen molar-refractivity contribution in [1.29, 1.82) is 0 Å². The normalized spacial score (nSPS) is 11.3. The van der Waals surface area contributed by atoms with E-state index in [4.69, 9.17) is 21.1 Å². The molecule has 18 heavy (non-hydrogen) atoms. The number of nitro benzene ring substituents is 1. The van der Waals surface area contributed by atoms with Crippen molar-refractivity contribution in [3.63, 3.8) is 0 Å². The van der Waals surface area contributed by atoms with Gasteiger partial charge in [0.1, 0.15) is 11.2 Å². The van der Waals surface area contributed by atoms with Crippen LogP contribution in [0.4, 0.5) is 17.1 Å². The topological polar surface area (TPSA) is 142 Å². The second kappa shape index (κ2) is 5.63. The minimum Gasteiger partial charge on any atom is -0.397 e. The van der Waals surface area contributed by atoms with Gasteiger partial charge in [0.25, 0.3) is 5.69 Å². The van der Waals surface area contributed by atoms with Gasteiger partial charge in [-0.3, -0.25) is 10.1 Å². The molecule has 0 aliphatic carbocycles. The summed E-state index contributed by atoms with van der Waals surface area (Å²) in [5, 5.41) is 40.9. The van der Waals surface area contributed by atoms with Gasteiger partial charge in [-0.15, -0.1) is 0 Å². The first-order chi connectivity index (χ1) is 8.49. The number of nitrogen functional groups attached to an aromatic ring is 1. The Balaban J connectivity index is 3.20. The van der Waals surface area contributed by atoms with Gasteiger partial charge in [-0.05, 0) is 6.07 Å². The molecule has 0 radical (unpaired) electrons. The summed E-state index contributed by atoms with van der Waals surface area (Å²) in [4.78, 5) is 10.2. The Morgan fingerprint density at radius 3 is 2.28 bits per heavy atom. The third-order valence-corrected chi connectivity index (χ3v) is 2.57. The van der Waals surface area contributed by atoms with Crippen molar-refractivity contribution in [2.75, 3.05) is 30.9 Å². The van der Waals surface area contributed by atoms with E-state index in [1.165, 1.54) is 18.2 Å². The van der Waals surface area contributed by atoms with Gasteiger partial charge in [0.15, 0.2) is 0 Å². The summed E-state index contributed by atoms with van der Waals surface area (Å²) in [6.45, 7) is -1.82. The highest BCUT2D eigenvalue weighted by Crippen LogP contribution is 2.32. The number of nitrogens with one attached hydrogen (secondary N) is 1. The van der Waals surface area contributed by atoms with E-state index in [9.17, 15) is 10.1 Å². The van der Waals surface area contributed by atoms with Gasteiger partial charge in [0.05, 0.1) is 30.4 Å². The van der Waals surface area contributed by atoms with Crippen LogP contribution in [-0.2, 0) is 0 Å². The van der Waals surface area contributed by atoms with E-state index in [0.717, 1.165) is 0 Å². The van der Waals surface area contributed by atoms with E-state index in [2.05, 4.69) is 5.32 Å². The van der Waals surface area contributed by atoms with Crippen molar-refractivity contribution >= 4 is 17.1 Å². The highest BCUT2D eigenvalue weighted by atomic mass is 16.6. The average Bonchev–Trinajstić information content (AvgIpc) is 2.37. The van der Waals surface area contributed by atoms with Crippen molar-refractivity contribution in [2.24, 2.45) is 0 Å². The van der Waals surface area contributed by atoms with E-state index in [1.54, 1.807) is 0 Å². The van der Waals surface area contributed by atoms with Gasteiger partial charge in [-0.2, -0.15) is 0 Å². The fourth-order valence-electron chi connectivity index (χ4n) is 1.38. The monoisotopic (exact) mass is 257 g/mol. The van der Waals surface area contributed by atoms with E-state index in [-0.39, 0.29) is 17.1 Å². The van der Waals surface area contributed by atoms with Gasteiger partial charge < -0.3 is 26.4 Å². The van der Waals surface area contributed by atoms with Crippen molar-refractivity contribution in [3.8, 4) is 0 Å². The van der Waals surface area contributed by atoms with Crippen molar-refractivity contribution in [1.82, 2.24) is 0 Å². The number of aliphatic hydroxyl groups is 3. The number of nitrogens with zero attached hydrogens (tertiary/aromatic N) is 1. The minimum absolute atomic E-state index is 0.0420. The number of nitrogens with two attached hydrogens (primary N) is 1. The highest BCUT2D eigenvalue weighted by Gasteiger charge is 2.31. The van der Waals surface area contributed by atoms with Crippen LogP contribution in [0.1, 0.15) is 0 Å². The lowest BCUT2D eigenvalue weighted by molar-refractivity contribution is -0.383. The summed E-state index contributed by atoms with van der Waals surface area (Å²) >= 11 is 0. The molecule has 0 spiro atoms. The SMILES string of the molecule is Nc1cccc([N+](=O)[O-])c1NC(CO)(CO)CO. The number of hydrogen-bond acceptors (Lipinski definition) is 7. The zero-order valence-corrected chi connectivity index (χ0v) is 9.54. The molecule has 6 N–H and O–H groups in total. The predicted molar refractivity (Wildman–Crippen MR) is 65.1 cm³/mol. The van der Waals surface area contributed by atoms with Crippen molar-refractivity contribution in [3.05, 3.63) is 28.3 Å². The van der Waals surface area contributed by atoms with Crippen LogP contribution < -0.4 is 11.1 Å². The van der Waals surface area contributed by atoms with E-state index < -0.39 is 30.3 Å². The molecule has 0 bridgehead atoms. The highest BCUT2D eigenvalue weighted by molar-refractivity contribution is 5.77. The summed E-state index contributed by atoms with van der Waals surface area (Å²) in [7, 11) is 0. The van der Waals surface area contributed by atoms with Gasteiger partial charge in [0, 0.05) is 6.07 Å². The number of benzene rings is 1. The second-order valence-electron chi connectivity index (χ2n) is 3.88. The first-order valence-corrected chi connectivity index (χ1v) is 5.13. The summed E-state index contributed by atoms with van der Waals surface area (Å²) in [5.41, 5.74) is 3.90. The van der Waals surface area contributed by atoms with Crippen LogP contribution in [-0.4, -0.2) is 45.6 Å². The zero-order valence-electron chi connectivity index (χ0n) is 9.54. The maximum Gasteiger partial charge on any atom is 0.294 e. The molecule has 0 atom stereocenters. The zero-order chi connectivity index (χ0) is 13.8. The lowest BCUT2D eigenvalue weighted by atomic mass is 10.0. The Labute approximate surface area is 103 Å². The van der Waals surface area contributed by atoms with Crippen LogP contribution in [0.3, 0.4) is 0 Å². The molecule has 0 fully saturated rings. The lowest BCUT2D eigenvalue weighted by Gasteiger charge is -2.30. The van der Waals surface area contributed by atoms with E-state index >= 15 is 0 Å². The molecule has 8 heteroatoms. The molecule has 1 rings (SSSR count). The lowest BCUT2D eigenvalue weighted by Crippen LogP contribution is -2.49. The van der Waals surface area contributed by atoms with E-state index in [1.807, 2.05) is 0 Å². The first-order valence-electron chi connectivity index (χ1n) is 5.13. The molecule has 0 aliphatic rings. The number of rotatable bonds is 6. The number of nitro groups is 1. The molecule has 0 aliphatic heterocycles. The predicted octanol–water partition coefficient (Wildman–Crippen LogP) is -0.695. The smallest absolute Gasteiger partial charge is 0.294 e. The standard InChI is InChI=1S/C10H15N3O5/c11-7-2-1-3-8(13(17)18)9(7)12-10(4-14,5-15)6-16/h1-3,12,14-16H,4-6,11H2. The molecule has 100 valence electrons. The molecule has 0 aromatic heterocycles. The van der Waals surface area contributed by atoms with Crippen LogP contribution >= 0.6 is 0 Å². The van der Waals surface area contributed by atoms with Crippen molar-refractivity contribution < 1.29 is 20.2 Å². The van der Waals surface area contributed by atoms with Crippen LogP contribution in [0.5, 0.6) is 0 Å². The third kappa shape index (κ3) is 2.67. The quantitative estimate of drug-likeness (QED) is 0.258. The average molecular weight is 257 g/mol.